The van der Waals surface area contributed by atoms with E-state index in [1.165, 1.54) is 11.3 Å². The van der Waals surface area contributed by atoms with Gasteiger partial charge in [-0.1, -0.05) is 0 Å². The van der Waals surface area contributed by atoms with Crippen molar-refractivity contribution in [1.29, 1.82) is 0 Å². The van der Waals surface area contributed by atoms with Crippen LogP contribution in [0.3, 0.4) is 0 Å². The zero-order chi connectivity index (χ0) is 14.0. The normalized spacial score (nSPS) is 11.9. The molecular formula is C10H13BrN4O2S2. The van der Waals surface area contributed by atoms with Crippen LogP contribution in [-0.4, -0.2) is 29.7 Å². The van der Waals surface area contributed by atoms with E-state index in [2.05, 4.69) is 30.7 Å². The third-order valence-corrected chi connectivity index (χ3v) is 5.69. The molecule has 2 heterocycles. The standard InChI is InChI=1S/C10H13BrN4O2S2/c1-7-8(5-9(11)18-7)19(16,17)13-4-3-10-12-6-15(2)14-10/h5-6,13H,3-4H2,1-2H3. The van der Waals surface area contributed by atoms with Gasteiger partial charge in [0, 0.05) is 24.9 Å². The minimum Gasteiger partial charge on any atom is -0.256 e. The van der Waals surface area contributed by atoms with Crippen LogP contribution >= 0.6 is 27.3 Å². The molecule has 0 aliphatic heterocycles. The van der Waals surface area contributed by atoms with Crippen LogP contribution in [-0.2, 0) is 23.5 Å². The molecule has 19 heavy (non-hydrogen) atoms. The molecule has 6 nitrogen and oxygen atoms in total. The predicted octanol–water partition coefficient (Wildman–Crippen LogP) is 1.47. The summed E-state index contributed by atoms with van der Waals surface area (Å²) in [5, 5.41) is 4.09. The highest BCUT2D eigenvalue weighted by molar-refractivity contribution is 9.11. The molecule has 0 amide bonds. The van der Waals surface area contributed by atoms with E-state index >= 15 is 0 Å². The molecule has 104 valence electrons. The van der Waals surface area contributed by atoms with E-state index in [9.17, 15) is 8.42 Å². The third-order valence-electron chi connectivity index (χ3n) is 2.42. The second kappa shape index (κ2) is 5.70. The molecule has 2 aromatic rings. The maximum atomic E-state index is 12.1. The Labute approximate surface area is 124 Å². The minimum atomic E-state index is -3.47. The number of aryl methyl sites for hydroxylation is 2. The van der Waals surface area contributed by atoms with Crippen LogP contribution in [0.15, 0.2) is 21.1 Å². The van der Waals surface area contributed by atoms with Gasteiger partial charge in [0.25, 0.3) is 0 Å². The van der Waals surface area contributed by atoms with E-state index < -0.39 is 10.0 Å². The molecule has 0 saturated heterocycles. The van der Waals surface area contributed by atoms with E-state index in [1.807, 2.05) is 0 Å². The topological polar surface area (TPSA) is 76.9 Å². The Bertz CT molecular complexity index is 678. The van der Waals surface area contributed by atoms with Gasteiger partial charge in [0.2, 0.25) is 10.0 Å². The van der Waals surface area contributed by atoms with E-state index in [-0.39, 0.29) is 6.54 Å². The van der Waals surface area contributed by atoms with Gasteiger partial charge in [-0.15, -0.1) is 11.3 Å². The quantitative estimate of drug-likeness (QED) is 0.871. The Hall–Kier alpha value is -0.770. The first-order valence-electron chi connectivity index (χ1n) is 5.48. The maximum Gasteiger partial charge on any atom is 0.241 e. The van der Waals surface area contributed by atoms with Crippen LogP contribution in [0.1, 0.15) is 10.7 Å². The van der Waals surface area contributed by atoms with Gasteiger partial charge in [0.15, 0.2) is 5.82 Å². The maximum absolute atomic E-state index is 12.1. The highest BCUT2D eigenvalue weighted by Gasteiger charge is 2.19. The Morgan fingerprint density at radius 1 is 1.53 bits per heavy atom. The van der Waals surface area contributed by atoms with Gasteiger partial charge in [-0.2, -0.15) is 5.10 Å². The molecule has 2 aromatic heterocycles. The molecule has 0 unspecified atom stereocenters. The van der Waals surface area contributed by atoms with Gasteiger partial charge in [0.1, 0.15) is 6.33 Å². The van der Waals surface area contributed by atoms with Crippen molar-refractivity contribution in [2.75, 3.05) is 6.54 Å². The number of aromatic nitrogens is 3. The molecule has 0 atom stereocenters. The first-order valence-corrected chi connectivity index (χ1v) is 8.58. The summed E-state index contributed by atoms with van der Waals surface area (Å²) in [4.78, 5) is 5.12. The summed E-state index contributed by atoms with van der Waals surface area (Å²) >= 11 is 4.69. The second-order valence-corrected chi connectivity index (χ2v) is 8.32. The number of thiophene rings is 1. The largest absolute Gasteiger partial charge is 0.256 e. The predicted molar refractivity (Wildman–Crippen MR) is 76.7 cm³/mol. The number of rotatable bonds is 5. The molecule has 0 fully saturated rings. The van der Waals surface area contributed by atoms with Crippen molar-refractivity contribution in [2.45, 2.75) is 18.2 Å². The summed E-state index contributed by atoms with van der Waals surface area (Å²) in [6.45, 7) is 2.06. The highest BCUT2D eigenvalue weighted by atomic mass is 79.9. The van der Waals surface area contributed by atoms with E-state index in [0.717, 1.165) is 8.66 Å². The third kappa shape index (κ3) is 3.62. The summed E-state index contributed by atoms with van der Waals surface area (Å²) < 4.78 is 29.1. The Morgan fingerprint density at radius 3 is 2.79 bits per heavy atom. The van der Waals surface area contributed by atoms with Gasteiger partial charge in [-0.3, -0.25) is 4.68 Å². The molecule has 0 spiro atoms. The van der Waals surface area contributed by atoms with Crippen LogP contribution in [0.25, 0.3) is 0 Å². The molecule has 1 N–H and O–H groups in total. The first kappa shape index (κ1) is 14.6. The Morgan fingerprint density at radius 2 is 2.26 bits per heavy atom. The van der Waals surface area contributed by atoms with Crippen molar-refractivity contribution in [3.05, 3.63) is 26.9 Å². The Balaban J connectivity index is 2.00. The fraction of sp³-hybridized carbons (Fsp3) is 0.400. The van der Waals surface area contributed by atoms with Crippen LogP contribution < -0.4 is 4.72 Å². The molecule has 0 aliphatic carbocycles. The van der Waals surface area contributed by atoms with Crippen LogP contribution in [0.5, 0.6) is 0 Å². The lowest BCUT2D eigenvalue weighted by molar-refractivity contribution is 0.580. The lowest BCUT2D eigenvalue weighted by atomic mass is 10.4. The van der Waals surface area contributed by atoms with Gasteiger partial charge in [-0.25, -0.2) is 18.1 Å². The van der Waals surface area contributed by atoms with Crippen LogP contribution in [0.4, 0.5) is 0 Å². The van der Waals surface area contributed by atoms with Crippen molar-refractivity contribution in [2.24, 2.45) is 7.05 Å². The molecule has 2 rings (SSSR count). The summed E-state index contributed by atoms with van der Waals surface area (Å²) in [5.41, 5.74) is 0. The molecule has 0 bridgehead atoms. The summed E-state index contributed by atoms with van der Waals surface area (Å²) in [5.74, 6) is 0.619. The summed E-state index contributed by atoms with van der Waals surface area (Å²) in [6, 6.07) is 1.61. The monoisotopic (exact) mass is 364 g/mol. The number of nitrogens with zero attached hydrogens (tertiary/aromatic N) is 3. The molecule has 0 aliphatic rings. The lowest BCUT2D eigenvalue weighted by Gasteiger charge is -2.04. The van der Waals surface area contributed by atoms with Crippen molar-refractivity contribution in [1.82, 2.24) is 19.5 Å². The first-order chi connectivity index (χ1) is 8.88. The van der Waals surface area contributed by atoms with Crippen molar-refractivity contribution >= 4 is 37.3 Å². The lowest BCUT2D eigenvalue weighted by Crippen LogP contribution is -2.26. The smallest absolute Gasteiger partial charge is 0.241 e. The number of hydrogen-bond donors (Lipinski definition) is 1. The van der Waals surface area contributed by atoms with Crippen molar-refractivity contribution < 1.29 is 8.42 Å². The molecule has 9 heteroatoms. The van der Waals surface area contributed by atoms with Gasteiger partial charge in [0.05, 0.1) is 8.68 Å². The zero-order valence-corrected chi connectivity index (χ0v) is 13.6. The van der Waals surface area contributed by atoms with Gasteiger partial charge >= 0.3 is 0 Å². The number of hydrogen-bond acceptors (Lipinski definition) is 5. The minimum absolute atomic E-state index is 0.277. The fourth-order valence-electron chi connectivity index (χ4n) is 1.57. The molecular weight excluding hydrogens is 352 g/mol. The zero-order valence-electron chi connectivity index (χ0n) is 10.4. The fourth-order valence-corrected chi connectivity index (χ4v) is 5.02. The Kier molecular flexibility index (Phi) is 4.39. The van der Waals surface area contributed by atoms with E-state index in [1.54, 1.807) is 31.0 Å². The second-order valence-electron chi connectivity index (χ2n) is 3.95. The molecule has 0 aromatic carbocycles. The number of sulfonamides is 1. The van der Waals surface area contributed by atoms with Gasteiger partial charge < -0.3 is 0 Å². The number of halogens is 1. The molecule has 0 radical (unpaired) electrons. The summed E-state index contributed by atoms with van der Waals surface area (Å²) in [6.07, 6.45) is 2.05. The summed E-state index contributed by atoms with van der Waals surface area (Å²) in [7, 11) is -1.69. The van der Waals surface area contributed by atoms with Gasteiger partial charge in [-0.05, 0) is 28.9 Å². The van der Waals surface area contributed by atoms with Crippen LogP contribution in [0.2, 0.25) is 0 Å². The SMILES string of the molecule is Cc1sc(Br)cc1S(=O)(=O)NCCc1ncn(C)n1. The number of nitrogens with one attached hydrogen (secondary N) is 1. The van der Waals surface area contributed by atoms with Crippen LogP contribution in [0, 0.1) is 6.92 Å². The average Bonchev–Trinajstić information content (AvgIpc) is 2.85. The van der Waals surface area contributed by atoms with Crippen molar-refractivity contribution in [3.8, 4) is 0 Å². The van der Waals surface area contributed by atoms with Crippen molar-refractivity contribution in [3.63, 3.8) is 0 Å². The van der Waals surface area contributed by atoms with E-state index in [0.29, 0.717) is 17.1 Å². The average molecular weight is 365 g/mol. The highest BCUT2D eigenvalue weighted by Crippen LogP contribution is 2.29. The van der Waals surface area contributed by atoms with E-state index in [4.69, 9.17) is 0 Å². The molecule has 0 saturated carbocycles.